The monoisotopic (exact) mass is 306 g/mol. The molecule has 3 rings (SSSR count). The number of nitrogens with one attached hydrogen (secondary N) is 1. The molecule has 1 aliphatic rings. The quantitative estimate of drug-likeness (QED) is 0.657. The van der Waals surface area contributed by atoms with Crippen LogP contribution in [0, 0.1) is 15.9 Å². The summed E-state index contributed by atoms with van der Waals surface area (Å²) >= 11 is 0. The van der Waals surface area contributed by atoms with Crippen molar-refractivity contribution in [3.8, 4) is 0 Å². The standard InChI is InChI=1S/C13H11FN4O4/c14-8-3-1-7(2-4-8)6-15-12(19)11-16-13(22-17-11)9-5-10(9)18(20)21/h1-4,9-10H,5-6H2,(H,15,19)/t9-,10-/m1/s1. The smallest absolute Gasteiger partial charge is 0.292 e. The maximum atomic E-state index is 12.8. The van der Waals surface area contributed by atoms with Crippen LogP contribution >= 0.6 is 0 Å². The van der Waals surface area contributed by atoms with Crippen molar-refractivity contribution in [2.45, 2.75) is 24.9 Å². The maximum Gasteiger partial charge on any atom is 0.292 e. The van der Waals surface area contributed by atoms with Crippen molar-refractivity contribution >= 4 is 5.91 Å². The van der Waals surface area contributed by atoms with E-state index in [9.17, 15) is 19.3 Å². The SMILES string of the molecule is O=C(NCc1ccc(F)cc1)c1noc([C@@H]2C[C@H]2[N+](=O)[O-])n1. The molecule has 1 aromatic heterocycles. The molecule has 9 heteroatoms. The van der Waals surface area contributed by atoms with E-state index in [1.807, 2.05) is 0 Å². The molecule has 2 atom stereocenters. The normalized spacial score (nSPS) is 19.7. The second-order valence-corrected chi connectivity index (χ2v) is 4.96. The summed E-state index contributed by atoms with van der Waals surface area (Å²) in [6.07, 6.45) is 0.339. The van der Waals surface area contributed by atoms with Gasteiger partial charge in [-0.3, -0.25) is 14.9 Å². The maximum absolute atomic E-state index is 12.8. The van der Waals surface area contributed by atoms with E-state index in [2.05, 4.69) is 15.5 Å². The number of carbonyl (C=O) groups excluding carboxylic acids is 1. The first kappa shape index (κ1) is 14.1. The van der Waals surface area contributed by atoms with E-state index in [-0.39, 0.29) is 24.1 Å². The molecule has 1 N–H and O–H groups in total. The van der Waals surface area contributed by atoms with Gasteiger partial charge in [-0.2, -0.15) is 4.98 Å². The highest BCUT2D eigenvalue weighted by atomic mass is 19.1. The summed E-state index contributed by atoms with van der Waals surface area (Å²) in [7, 11) is 0. The molecule has 0 radical (unpaired) electrons. The molecule has 1 aliphatic carbocycles. The summed E-state index contributed by atoms with van der Waals surface area (Å²) < 4.78 is 17.6. The second kappa shape index (κ2) is 5.51. The number of aromatic nitrogens is 2. The number of benzene rings is 1. The van der Waals surface area contributed by atoms with Crippen LogP contribution in [0.1, 0.15) is 34.4 Å². The van der Waals surface area contributed by atoms with Crippen molar-refractivity contribution in [1.82, 2.24) is 15.5 Å². The Labute approximate surface area is 123 Å². The Balaban J connectivity index is 1.58. The van der Waals surface area contributed by atoms with Gasteiger partial charge in [-0.15, -0.1) is 0 Å². The van der Waals surface area contributed by atoms with Gasteiger partial charge in [-0.05, 0) is 17.7 Å². The van der Waals surface area contributed by atoms with E-state index in [0.717, 1.165) is 0 Å². The van der Waals surface area contributed by atoms with Crippen LogP contribution in [0.25, 0.3) is 0 Å². The number of halogens is 1. The van der Waals surface area contributed by atoms with Gasteiger partial charge in [0.2, 0.25) is 11.9 Å². The Morgan fingerprint density at radius 3 is 2.82 bits per heavy atom. The van der Waals surface area contributed by atoms with Crippen LogP contribution in [0.2, 0.25) is 0 Å². The number of nitro groups is 1. The molecule has 1 aromatic carbocycles. The van der Waals surface area contributed by atoms with E-state index < -0.39 is 22.8 Å². The van der Waals surface area contributed by atoms with E-state index in [0.29, 0.717) is 12.0 Å². The average Bonchev–Trinajstić information content (AvgIpc) is 3.16. The third-order valence-corrected chi connectivity index (χ3v) is 3.36. The number of hydrogen-bond acceptors (Lipinski definition) is 6. The van der Waals surface area contributed by atoms with Gasteiger partial charge in [0.15, 0.2) is 0 Å². The molecule has 114 valence electrons. The lowest BCUT2D eigenvalue weighted by molar-refractivity contribution is -0.496. The Bertz CT molecular complexity index is 715. The molecule has 22 heavy (non-hydrogen) atoms. The van der Waals surface area contributed by atoms with E-state index >= 15 is 0 Å². The van der Waals surface area contributed by atoms with Crippen LogP contribution in [-0.4, -0.2) is 27.0 Å². The van der Waals surface area contributed by atoms with Gasteiger partial charge in [-0.1, -0.05) is 17.3 Å². The summed E-state index contributed by atoms with van der Waals surface area (Å²) in [5, 5.41) is 16.7. The van der Waals surface area contributed by atoms with Crippen LogP contribution in [-0.2, 0) is 6.54 Å². The summed E-state index contributed by atoms with van der Waals surface area (Å²) in [5.74, 6) is -1.40. The molecule has 0 saturated heterocycles. The molecule has 1 heterocycles. The first-order chi connectivity index (χ1) is 10.5. The van der Waals surface area contributed by atoms with Crippen molar-refractivity contribution in [2.24, 2.45) is 0 Å². The first-order valence-electron chi connectivity index (χ1n) is 6.54. The summed E-state index contributed by atoms with van der Waals surface area (Å²) in [4.78, 5) is 25.9. The molecular weight excluding hydrogens is 295 g/mol. The van der Waals surface area contributed by atoms with Gasteiger partial charge >= 0.3 is 0 Å². The Morgan fingerprint density at radius 2 is 2.18 bits per heavy atom. The molecular formula is C13H11FN4O4. The van der Waals surface area contributed by atoms with Crippen molar-refractivity contribution < 1.29 is 18.6 Å². The summed E-state index contributed by atoms with van der Waals surface area (Å²) in [6.45, 7) is 0.184. The zero-order chi connectivity index (χ0) is 15.7. The first-order valence-corrected chi connectivity index (χ1v) is 6.54. The highest BCUT2D eigenvalue weighted by molar-refractivity contribution is 5.90. The van der Waals surface area contributed by atoms with Gasteiger partial charge < -0.3 is 9.84 Å². The zero-order valence-corrected chi connectivity index (χ0v) is 11.2. The zero-order valence-electron chi connectivity index (χ0n) is 11.2. The Morgan fingerprint density at radius 1 is 1.45 bits per heavy atom. The molecule has 0 unspecified atom stereocenters. The van der Waals surface area contributed by atoms with Crippen LogP contribution < -0.4 is 5.32 Å². The third-order valence-electron chi connectivity index (χ3n) is 3.36. The minimum atomic E-state index is -0.712. The largest absolute Gasteiger partial charge is 0.345 e. The molecule has 1 fully saturated rings. The predicted molar refractivity (Wildman–Crippen MR) is 70.0 cm³/mol. The molecule has 2 aromatic rings. The minimum Gasteiger partial charge on any atom is -0.345 e. The second-order valence-electron chi connectivity index (χ2n) is 4.96. The number of rotatable bonds is 5. The van der Waals surface area contributed by atoms with E-state index in [4.69, 9.17) is 4.52 Å². The number of amides is 1. The molecule has 0 spiro atoms. The van der Waals surface area contributed by atoms with Crippen LogP contribution in [0.3, 0.4) is 0 Å². The van der Waals surface area contributed by atoms with Crippen molar-refractivity contribution in [3.05, 3.63) is 57.5 Å². The highest BCUT2D eigenvalue weighted by Gasteiger charge is 2.53. The summed E-state index contributed by atoms with van der Waals surface area (Å²) in [5.41, 5.74) is 0.717. The Kier molecular flexibility index (Phi) is 3.53. The average molecular weight is 306 g/mol. The van der Waals surface area contributed by atoms with Crippen LogP contribution in [0.5, 0.6) is 0 Å². The van der Waals surface area contributed by atoms with Gasteiger partial charge in [0.05, 0.1) is 0 Å². The number of nitrogens with zero attached hydrogens (tertiary/aromatic N) is 3. The topological polar surface area (TPSA) is 111 Å². The van der Waals surface area contributed by atoms with Crippen LogP contribution in [0.4, 0.5) is 4.39 Å². The lowest BCUT2D eigenvalue weighted by Gasteiger charge is -2.02. The molecule has 0 bridgehead atoms. The number of carbonyl (C=O) groups is 1. The number of hydrogen-bond donors (Lipinski definition) is 1. The molecule has 8 nitrogen and oxygen atoms in total. The van der Waals surface area contributed by atoms with Crippen LogP contribution in [0.15, 0.2) is 28.8 Å². The van der Waals surface area contributed by atoms with Crippen molar-refractivity contribution in [1.29, 1.82) is 0 Å². The predicted octanol–water partition coefficient (Wildman–Crippen LogP) is 1.27. The Hall–Kier alpha value is -2.84. The van der Waals surface area contributed by atoms with Gasteiger partial charge in [0.1, 0.15) is 11.7 Å². The molecule has 0 aliphatic heterocycles. The van der Waals surface area contributed by atoms with Gasteiger partial charge in [0.25, 0.3) is 11.7 Å². The van der Waals surface area contributed by atoms with Gasteiger partial charge in [0, 0.05) is 17.9 Å². The van der Waals surface area contributed by atoms with Gasteiger partial charge in [-0.25, -0.2) is 4.39 Å². The van der Waals surface area contributed by atoms with E-state index in [1.165, 1.54) is 12.1 Å². The fourth-order valence-electron chi connectivity index (χ4n) is 2.02. The molecule has 1 amide bonds. The minimum absolute atomic E-state index is 0.105. The third kappa shape index (κ3) is 2.92. The fraction of sp³-hybridized carbons (Fsp3) is 0.308. The summed E-state index contributed by atoms with van der Waals surface area (Å²) in [6, 6.07) is 4.96. The lowest BCUT2D eigenvalue weighted by atomic mass is 10.2. The fourth-order valence-corrected chi connectivity index (χ4v) is 2.02. The molecule has 1 saturated carbocycles. The van der Waals surface area contributed by atoms with E-state index in [1.54, 1.807) is 12.1 Å². The lowest BCUT2D eigenvalue weighted by Crippen LogP contribution is -2.24. The van der Waals surface area contributed by atoms with Crippen molar-refractivity contribution in [3.63, 3.8) is 0 Å². The highest BCUT2D eigenvalue weighted by Crippen LogP contribution is 2.41. The van der Waals surface area contributed by atoms with Crippen molar-refractivity contribution in [2.75, 3.05) is 0 Å².